The van der Waals surface area contributed by atoms with Crippen LogP contribution in [0.2, 0.25) is 5.02 Å². The molecule has 1 aromatic heterocycles. The zero-order valence-corrected chi connectivity index (χ0v) is 17.9. The lowest BCUT2D eigenvalue weighted by molar-refractivity contribution is 0.0946. The lowest BCUT2D eigenvalue weighted by Crippen LogP contribution is -2.34. The largest absolute Gasteiger partial charge is 0.497 e. The van der Waals surface area contributed by atoms with Gasteiger partial charge in [-0.25, -0.2) is 0 Å². The zero-order chi connectivity index (χ0) is 20.3. The third-order valence-corrected chi connectivity index (χ3v) is 6.29. The second-order valence-corrected chi connectivity index (χ2v) is 8.00. The number of rotatable bonds is 7. The van der Waals surface area contributed by atoms with Crippen LogP contribution in [-0.2, 0) is 0 Å². The molecule has 0 aliphatic carbocycles. The lowest BCUT2D eigenvalue weighted by atomic mass is 10.1. The highest BCUT2D eigenvalue weighted by Crippen LogP contribution is 2.37. The number of hydrogen-bond acceptors (Lipinski definition) is 5. The molecule has 0 aliphatic heterocycles. The van der Waals surface area contributed by atoms with Crippen molar-refractivity contribution in [3.8, 4) is 11.5 Å². The van der Waals surface area contributed by atoms with E-state index in [4.69, 9.17) is 21.1 Å². The summed E-state index contributed by atoms with van der Waals surface area (Å²) in [6.45, 7) is 0.464. The smallest absolute Gasteiger partial charge is 0.262 e. The topological polar surface area (TPSA) is 50.8 Å². The number of amides is 1. The van der Waals surface area contributed by atoms with E-state index in [9.17, 15) is 4.79 Å². The van der Waals surface area contributed by atoms with Gasteiger partial charge in [-0.05, 0) is 50.0 Å². The van der Waals surface area contributed by atoms with Crippen molar-refractivity contribution >= 4 is 38.9 Å². The van der Waals surface area contributed by atoms with Crippen molar-refractivity contribution in [3.05, 3.63) is 57.9 Å². The van der Waals surface area contributed by atoms with Crippen LogP contribution in [0.3, 0.4) is 0 Å². The summed E-state index contributed by atoms with van der Waals surface area (Å²) in [5.41, 5.74) is 1.10. The van der Waals surface area contributed by atoms with E-state index in [0.717, 1.165) is 21.4 Å². The molecule has 1 amide bonds. The summed E-state index contributed by atoms with van der Waals surface area (Å²) in [6.07, 6.45) is 0. The van der Waals surface area contributed by atoms with Crippen LogP contribution in [0.4, 0.5) is 0 Å². The van der Waals surface area contributed by atoms with Crippen LogP contribution in [0, 0.1) is 0 Å². The summed E-state index contributed by atoms with van der Waals surface area (Å²) in [5, 5.41) is 4.31. The number of halogens is 1. The number of methoxy groups -OCH3 is 2. The summed E-state index contributed by atoms with van der Waals surface area (Å²) in [4.78, 5) is 15.4. The molecular formula is C21H23ClN2O3S. The maximum Gasteiger partial charge on any atom is 0.262 e. The first-order chi connectivity index (χ1) is 13.4. The van der Waals surface area contributed by atoms with E-state index in [1.165, 1.54) is 11.3 Å². The molecule has 1 heterocycles. The number of carbonyl (C=O) groups excluding carboxylic acids is 1. The highest BCUT2D eigenvalue weighted by molar-refractivity contribution is 7.21. The molecule has 1 unspecified atom stereocenters. The number of hydrogen-bond donors (Lipinski definition) is 1. The average Bonchev–Trinajstić information content (AvgIpc) is 3.04. The molecule has 3 aromatic rings. The number of nitrogens with one attached hydrogen (secondary N) is 1. The van der Waals surface area contributed by atoms with E-state index >= 15 is 0 Å². The van der Waals surface area contributed by atoms with Gasteiger partial charge in [-0.3, -0.25) is 4.79 Å². The molecular weight excluding hydrogens is 396 g/mol. The minimum atomic E-state index is -0.175. The summed E-state index contributed by atoms with van der Waals surface area (Å²) in [6, 6.07) is 13.5. The number of thiophene rings is 1. The Morgan fingerprint density at radius 1 is 1.11 bits per heavy atom. The van der Waals surface area contributed by atoms with Crippen LogP contribution in [0.5, 0.6) is 11.5 Å². The van der Waals surface area contributed by atoms with E-state index in [2.05, 4.69) is 10.2 Å². The summed E-state index contributed by atoms with van der Waals surface area (Å²) >= 11 is 7.86. The number of likely N-dealkylation sites (N-methyl/N-ethyl adjacent to an activating group) is 1. The maximum atomic E-state index is 12.8. The van der Waals surface area contributed by atoms with E-state index in [-0.39, 0.29) is 11.9 Å². The van der Waals surface area contributed by atoms with Gasteiger partial charge in [0.1, 0.15) is 16.4 Å². The summed E-state index contributed by atoms with van der Waals surface area (Å²) in [7, 11) is 7.22. The van der Waals surface area contributed by atoms with Gasteiger partial charge in [-0.1, -0.05) is 23.7 Å². The van der Waals surface area contributed by atoms with Crippen molar-refractivity contribution < 1.29 is 14.3 Å². The van der Waals surface area contributed by atoms with Crippen molar-refractivity contribution in [3.63, 3.8) is 0 Å². The predicted octanol–water partition coefficient (Wildman–Crippen LogP) is 4.60. The minimum Gasteiger partial charge on any atom is -0.497 e. The second kappa shape index (κ2) is 8.82. The Bertz CT molecular complexity index is 970. The molecule has 2 aromatic carbocycles. The lowest BCUT2D eigenvalue weighted by Gasteiger charge is -2.25. The van der Waals surface area contributed by atoms with Crippen molar-refractivity contribution in [2.24, 2.45) is 0 Å². The monoisotopic (exact) mass is 418 g/mol. The first-order valence-corrected chi connectivity index (χ1v) is 9.98. The third kappa shape index (κ3) is 4.24. The second-order valence-electron chi connectivity index (χ2n) is 6.57. The van der Waals surface area contributed by atoms with Crippen molar-refractivity contribution in [1.82, 2.24) is 10.2 Å². The van der Waals surface area contributed by atoms with Crippen molar-refractivity contribution in [2.45, 2.75) is 6.04 Å². The average molecular weight is 419 g/mol. The fraction of sp³-hybridized carbons (Fsp3) is 0.286. The molecule has 0 aliphatic rings. The fourth-order valence-corrected chi connectivity index (χ4v) is 4.42. The van der Waals surface area contributed by atoms with Gasteiger partial charge in [0.15, 0.2) is 0 Å². The molecule has 1 N–H and O–H groups in total. The van der Waals surface area contributed by atoms with Crippen LogP contribution in [-0.4, -0.2) is 45.7 Å². The predicted molar refractivity (Wildman–Crippen MR) is 115 cm³/mol. The normalized spacial score (nSPS) is 12.2. The molecule has 0 saturated heterocycles. The Labute approximate surface area is 173 Å². The van der Waals surface area contributed by atoms with Gasteiger partial charge >= 0.3 is 0 Å². The molecule has 3 rings (SSSR count). The van der Waals surface area contributed by atoms with Crippen molar-refractivity contribution in [1.29, 1.82) is 0 Å². The van der Waals surface area contributed by atoms with E-state index in [1.54, 1.807) is 14.2 Å². The number of nitrogens with zero attached hydrogens (tertiary/aromatic N) is 1. The minimum absolute atomic E-state index is 0.0307. The first kappa shape index (κ1) is 20.5. The Morgan fingerprint density at radius 2 is 1.75 bits per heavy atom. The van der Waals surface area contributed by atoms with E-state index in [0.29, 0.717) is 22.2 Å². The van der Waals surface area contributed by atoms with E-state index in [1.807, 2.05) is 56.6 Å². The van der Waals surface area contributed by atoms with Crippen LogP contribution < -0.4 is 14.8 Å². The van der Waals surface area contributed by atoms with Crippen LogP contribution in [0.1, 0.15) is 21.3 Å². The first-order valence-electron chi connectivity index (χ1n) is 8.79. The Balaban J connectivity index is 1.77. The number of ether oxygens (including phenoxy) is 2. The Kier molecular flexibility index (Phi) is 6.44. The highest BCUT2D eigenvalue weighted by Gasteiger charge is 2.20. The van der Waals surface area contributed by atoms with E-state index < -0.39 is 0 Å². The fourth-order valence-electron chi connectivity index (χ4n) is 3.01. The third-order valence-electron chi connectivity index (χ3n) is 4.62. The molecule has 7 heteroatoms. The van der Waals surface area contributed by atoms with Gasteiger partial charge in [0.25, 0.3) is 5.91 Å². The van der Waals surface area contributed by atoms with Gasteiger partial charge in [0.2, 0.25) is 0 Å². The van der Waals surface area contributed by atoms with Crippen LogP contribution in [0.15, 0.2) is 42.5 Å². The Morgan fingerprint density at radius 3 is 2.36 bits per heavy atom. The summed E-state index contributed by atoms with van der Waals surface area (Å²) < 4.78 is 11.4. The number of carbonyl (C=O) groups is 1. The SMILES string of the molecule is COc1ccc(C(CNC(=O)c2sc3ccc(OC)cc3c2Cl)N(C)C)cc1. The standard InChI is InChI=1S/C21H23ClN2O3S/c1-24(2)17(13-5-7-14(26-3)8-6-13)12-23-21(25)20-19(22)16-11-15(27-4)9-10-18(16)28-20/h5-11,17H,12H2,1-4H3,(H,23,25). The molecule has 0 radical (unpaired) electrons. The van der Waals surface area contributed by atoms with Gasteiger partial charge in [0.05, 0.1) is 25.3 Å². The molecule has 0 bridgehead atoms. The van der Waals surface area contributed by atoms with Gasteiger partial charge in [-0.15, -0.1) is 11.3 Å². The van der Waals surface area contributed by atoms with Gasteiger partial charge in [0, 0.05) is 16.6 Å². The molecule has 0 saturated carbocycles. The molecule has 0 fully saturated rings. The maximum absolute atomic E-state index is 12.8. The molecule has 5 nitrogen and oxygen atoms in total. The van der Waals surface area contributed by atoms with Gasteiger partial charge in [-0.2, -0.15) is 0 Å². The molecule has 1 atom stereocenters. The number of benzene rings is 2. The van der Waals surface area contributed by atoms with Crippen LogP contribution >= 0.6 is 22.9 Å². The van der Waals surface area contributed by atoms with Crippen LogP contribution in [0.25, 0.3) is 10.1 Å². The quantitative estimate of drug-likeness (QED) is 0.609. The Hall–Kier alpha value is -2.28. The van der Waals surface area contributed by atoms with Gasteiger partial charge < -0.3 is 19.7 Å². The zero-order valence-electron chi connectivity index (χ0n) is 16.3. The molecule has 148 valence electrons. The number of fused-ring (bicyclic) bond motifs is 1. The summed E-state index contributed by atoms with van der Waals surface area (Å²) in [5.74, 6) is 1.34. The van der Waals surface area contributed by atoms with Crippen molar-refractivity contribution in [2.75, 3.05) is 34.9 Å². The molecule has 28 heavy (non-hydrogen) atoms. The molecule has 0 spiro atoms. The highest BCUT2D eigenvalue weighted by atomic mass is 35.5.